The third-order valence-electron chi connectivity index (χ3n) is 3.69. The van der Waals surface area contributed by atoms with Crippen molar-refractivity contribution in [2.75, 3.05) is 5.32 Å². The molecule has 0 radical (unpaired) electrons. The minimum absolute atomic E-state index is 0.149. The summed E-state index contributed by atoms with van der Waals surface area (Å²) in [6.45, 7) is 3.51. The molecule has 6 nitrogen and oxygen atoms in total. The van der Waals surface area contributed by atoms with Crippen LogP contribution in [0.5, 0.6) is 0 Å². The Morgan fingerprint density at radius 1 is 1.00 bits per heavy atom. The molecule has 2 N–H and O–H groups in total. The van der Waals surface area contributed by atoms with Crippen molar-refractivity contribution in [2.45, 2.75) is 24.8 Å². The SMILES string of the molecule is CC(C)NS(=O)(=O)c1ccc(NC(=O)c2cccc3cccnc23)cc1. The standard InChI is InChI=1S/C19H19N3O3S/c1-13(2)22-26(24,25)16-10-8-15(9-11-16)21-19(23)17-7-3-5-14-6-4-12-20-18(14)17/h3-13,22H,1-2H3,(H,21,23). The van der Waals surface area contributed by atoms with Gasteiger partial charge in [-0.15, -0.1) is 0 Å². The average molecular weight is 369 g/mol. The van der Waals surface area contributed by atoms with E-state index in [4.69, 9.17) is 0 Å². The third kappa shape index (κ3) is 3.89. The summed E-state index contributed by atoms with van der Waals surface area (Å²) in [6, 6.07) is 14.9. The fourth-order valence-electron chi connectivity index (χ4n) is 2.58. The molecule has 1 heterocycles. The number of hydrogen-bond acceptors (Lipinski definition) is 4. The Bertz CT molecular complexity index is 1040. The van der Waals surface area contributed by atoms with Crippen LogP contribution in [0.15, 0.2) is 65.7 Å². The van der Waals surface area contributed by atoms with Crippen molar-refractivity contribution in [3.05, 3.63) is 66.4 Å². The van der Waals surface area contributed by atoms with E-state index in [0.717, 1.165) is 5.39 Å². The van der Waals surface area contributed by atoms with Gasteiger partial charge in [0.25, 0.3) is 5.91 Å². The Kier molecular flexibility index (Phi) is 5.01. The van der Waals surface area contributed by atoms with Crippen molar-refractivity contribution < 1.29 is 13.2 Å². The lowest BCUT2D eigenvalue weighted by atomic mass is 10.1. The highest BCUT2D eigenvalue weighted by Gasteiger charge is 2.16. The van der Waals surface area contributed by atoms with E-state index in [9.17, 15) is 13.2 Å². The van der Waals surface area contributed by atoms with Crippen LogP contribution >= 0.6 is 0 Å². The zero-order valence-corrected chi connectivity index (χ0v) is 15.2. The molecule has 0 atom stereocenters. The van der Waals surface area contributed by atoms with E-state index in [1.165, 1.54) is 12.1 Å². The summed E-state index contributed by atoms with van der Waals surface area (Å²) >= 11 is 0. The van der Waals surface area contributed by atoms with Gasteiger partial charge in [0.05, 0.1) is 16.0 Å². The zero-order chi connectivity index (χ0) is 18.7. The molecule has 0 unspecified atom stereocenters. The van der Waals surface area contributed by atoms with Crippen LogP contribution < -0.4 is 10.0 Å². The van der Waals surface area contributed by atoms with Gasteiger partial charge in [-0.25, -0.2) is 13.1 Å². The van der Waals surface area contributed by atoms with Crippen molar-refractivity contribution in [1.29, 1.82) is 0 Å². The fraction of sp³-hybridized carbons (Fsp3) is 0.158. The normalized spacial score (nSPS) is 11.7. The highest BCUT2D eigenvalue weighted by atomic mass is 32.2. The van der Waals surface area contributed by atoms with E-state index < -0.39 is 10.0 Å². The van der Waals surface area contributed by atoms with Crippen molar-refractivity contribution in [1.82, 2.24) is 9.71 Å². The van der Waals surface area contributed by atoms with Crippen molar-refractivity contribution in [3.63, 3.8) is 0 Å². The Labute approximate surface area is 152 Å². The minimum atomic E-state index is -3.56. The van der Waals surface area contributed by atoms with Gasteiger partial charge in [0, 0.05) is 23.3 Å². The molecule has 26 heavy (non-hydrogen) atoms. The average Bonchev–Trinajstić information content (AvgIpc) is 2.60. The zero-order valence-electron chi connectivity index (χ0n) is 14.4. The number of nitrogens with zero attached hydrogens (tertiary/aromatic N) is 1. The molecule has 1 amide bonds. The number of aromatic nitrogens is 1. The molecule has 2 aromatic carbocycles. The van der Waals surface area contributed by atoms with E-state index in [2.05, 4.69) is 15.0 Å². The Balaban J connectivity index is 1.82. The monoisotopic (exact) mass is 369 g/mol. The molecule has 0 fully saturated rings. The van der Waals surface area contributed by atoms with Gasteiger partial charge < -0.3 is 5.32 Å². The molecular weight excluding hydrogens is 350 g/mol. The van der Waals surface area contributed by atoms with Crippen LogP contribution in [-0.4, -0.2) is 25.4 Å². The molecule has 0 saturated carbocycles. The van der Waals surface area contributed by atoms with E-state index in [0.29, 0.717) is 16.8 Å². The van der Waals surface area contributed by atoms with Gasteiger partial charge in [0.2, 0.25) is 10.0 Å². The molecule has 1 aromatic heterocycles. The van der Waals surface area contributed by atoms with Crippen LogP contribution in [0, 0.1) is 0 Å². The lowest BCUT2D eigenvalue weighted by Crippen LogP contribution is -2.30. The maximum Gasteiger partial charge on any atom is 0.257 e. The smallest absolute Gasteiger partial charge is 0.257 e. The first-order valence-corrected chi connectivity index (χ1v) is 9.62. The summed E-state index contributed by atoms with van der Waals surface area (Å²) in [7, 11) is -3.56. The number of anilines is 1. The molecule has 0 aliphatic heterocycles. The van der Waals surface area contributed by atoms with Gasteiger partial charge in [0.1, 0.15) is 0 Å². The lowest BCUT2D eigenvalue weighted by Gasteiger charge is -2.11. The largest absolute Gasteiger partial charge is 0.322 e. The van der Waals surface area contributed by atoms with Gasteiger partial charge in [-0.2, -0.15) is 0 Å². The highest BCUT2D eigenvalue weighted by Crippen LogP contribution is 2.19. The molecule has 0 aliphatic rings. The summed E-state index contributed by atoms with van der Waals surface area (Å²) < 4.78 is 26.8. The molecule has 3 rings (SSSR count). The van der Waals surface area contributed by atoms with Crippen LogP contribution in [0.3, 0.4) is 0 Å². The van der Waals surface area contributed by atoms with Crippen molar-refractivity contribution in [3.8, 4) is 0 Å². The number of amides is 1. The second kappa shape index (κ2) is 7.23. The van der Waals surface area contributed by atoms with Crippen molar-refractivity contribution in [2.24, 2.45) is 0 Å². The number of fused-ring (bicyclic) bond motifs is 1. The maximum atomic E-state index is 12.6. The minimum Gasteiger partial charge on any atom is -0.322 e. The first kappa shape index (κ1) is 18.0. The number of pyridine rings is 1. The quantitative estimate of drug-likeness (QED) is 0.723. The topological polar surface area (TPSA) is 88.2 Å². The number of benzene rings is 2. The molecule has 3 aromatic rings. The Morgan fingerprint density at radius 2 is 1.69 bits per heavy atom. The molecule has 0 saturated heterocycles. The Morgan fingerprint density at radius 3 is 2.38 bits per heavy atom. The van der Waals surface area contributed by atoms with Crippen LogP contribution in [-0.2, 0) is 10.0 Å². The second-order valence-corrected chi connectivity index (χ2v) is 7.85. The van der Waals surface area contributed by atoms with Gasteiger partial charge in [-0.3, -0.25) is 9.78 Å². The van der Waals surface area contributed by atoms with Gasteiger partial charge >= 0.3 is 0 Å². The number of nitrogens with one attached hydrogen (secondary N) is 2. The van der Waals surface area contributed by atoms with E-state index in [-0.39, 0.29) is 16.8 Å². The first-order chi connectivity index (χ1) is 12.4. The summed E-state index contributed by atoms with van der Waals surface area (Å²) in [5.41, 5.74) is 1.58. The first-order valence-electron chi connectivity index (χ1n) is 8.14. The molecule has 0 bridgehead atoms. The molecule has 134 valence electrons. The lowest BCUT2D eigenvalue weighted by molar-refractivity contribution is 0.102. The predicted octanol–water partition coefficient (Wildman–Crippen LogP) is 3.17. The predicted molar refractivity (Wildman–Crippen MR) is 102 cm³/mol. The van der Waals surface area contributed by atoms with E-state index >= 15 is 0 Å². The third-order valence-corrected chi connectivity index (χ3v) is 5.37. The van der Waals surface area contributed by atoms with E-state index in [1.54, 1.807) is 44.3 Å². The van der Waals surface area contributed by atoms with Crippen LogP contribution in [0.2, 0.25) is 0 Å². The second-order valence-electron chi connectivity index (χ2n) is 6.14. The van der Waals surface area contributed by atoms with Crippen LogP contribution in [0.4, 0.5) is 5.69 Å². The summed E-state index contributed by atoms with van der Waals surface area (Å²) in [5, 5.41) is 3.65. The number of carbonyl (C=O) groups is 1. The molecule has 0 spiro atoms. The number of rotatable bonds is 5. The van der Waals surface area contributed by atoms with Gasteiger partial charge in [0.15, 0.2) is 0 Å². The van der Waals surface area contributed by atoms with Crippen molar-refractivity contribution >= 4 is 32.5 Å². The summed E-state index contributed by atoms with van der Waals surface area (Å²) in [5.74, 6) is -0.301. The number of carbonyl (C=O) groups excluding carboxylic acids is 1. The summed E-state index contributed by atoms with van der Waals surface area (Å²) in [6.07, 6.45) is 1.64. The van der Waals surface area contributed by atoms with Gasteiger partial charge in [-0.05, 0) is 50.2 Å². The molecular formula is C19H19N3O3S. The van der Waals surface area contributed by atoms with E-state index in [1.807, 2.05) is 18.2 Å². The Hall–Kier alpha value is -2.77. The summed E-state index contributed by atoms with van der Waals surface area (Å²) in [4.78, 5) is 17.0. The number of para-hydroxylation sites is 1. The molecule has 7 heteroatoms. The fourth-order valence-corrected chi connectivity index (χ4v) is 3.83. The van der Waals surface area contributed by atoms with Gasteiger partial charge in [-0.1, -0.05) is 18.2 Å². The maximum absolute atomic E-state index is 12.6. The van der Waals surface area contributed by atoms with Crippen LogP contribution in [0.1, 0.15) is 24.2 Å². The highest BCUT2D eigenvalue weighted by molar-refractivity contribution is 7.89. The van der Waals surface area contributed by atoms with Crippen LogP contribution in [0.25, 0.3) is 10.9 Å². The molecule has 0 aliphatic carbocycles. The number of hydrogen-bond donors (Lipinski definition) is 2. The number of sulfonamides is 1.